The zero-order valence-electron chi connectivity index (χ0n) is 15.8. The van der Waals surface area contributed by atoms with Crippen molar-refractivity contribution in [1.82, 2.24) is 0 Å². The van der Waals surface area contributed by atoms with Crippen LogP contribution in [0.2, 0.25) is 5.02 Å². The van der Waals surface area contributed by atoms with E-state index in [4.69, 9.17) is 11.6 Å². The van der Waals surface area contributed by atoms with Crippen molar-refractivity contribution in [3.8, 4) is 0 Å². The molecule has 2 aromatic carbocycles. The zero-order valence-corrected chi connectivity index (χ0v) is 17.3. The molecule has 0 unspecified atom stereocenters. The molecule has 2 rings (SSSR count). The Morgan fingerprint density at radius 2 is 1.50 bits per heavy atom. The van der Waals surface area contributed by atoms with Crippen LogP contribution < -0.4 is 14.9 Å². The maximum absolute atomic E-state index is 12.8. The second kappa shape index (κ2) is 9.07. The molecule has 2 amide bonds. The van der Waals surface area contributed by atoms with Gasteiger partial charge in [0, 0.05) is 23.3 Å². The number of amides is 2. The average Bonchev–Trinajstić information content (AvgIpc) is 2.60. The normalized spacial score (nSPS) is 12.1. The lowest BCUT2D eigenvalue weighted by atomic mass is 10.1. The maximum atomic E-state index is 12.8. The molecule has 0 spiro atoms. The van der Waals surface area contributed by atoms with E-state index in [0.717, 1.165) is 10.6 Å². The molecule has 0 aliphatic carbocycles. The third kappa shape index (κ3) is 5.71. The Morgan fingerprint density at radius 3 is 1.93 bits per heavy atom. The van der Waals surface area contributed by atoms with Gasteiger partial charge in [-0.1, -0.05) is 18.5 Å². The minimum atomic E-state index is -3.72. The molecule has 0 fully saturated rings. The van der Waals surface area contributed by atoms with Crippen LogP contribution in [0.15, 0.2) is 48.5 Å². The number of hydrogen-bond donors (Lipinski definition) is 2. The highest BCUT2D eigenvalue weighted by Gasteiger charge is 2.31. The number of halogens is 1. The standard InChI is InChI=1S/C19H22ClN3O4S/c1-4-18(23(28(3,26)27)17-11-5-14(20)6-12-17)19(25)22-16-9-7-15(8-10-16)21-13(2)24/h5-12,18H,4H2,1-3H3,(H,21,24)(H,22,25)/t18-/m1/s1. The minimum Gasteiger partial charge on any atom is -0.326 e. The smallest absolute Gasteiger partial charge is 0.248 e. The van der Waals surface area contributed by atoms with Crippen LogP contribution in [-0.4, -0.2) is 32.5 Å². The molecule has 2 N–H and O–H groups in total. The molecule has 28 heavy (non-hydrogen) atoms. The van der Waals surface area contributed by atoms with Crippen molar-refractivity contribution in [2.24, 2.45) is 0 Å². The van der Waals surface area contributed by atoms with Crippen LogP contribution in [0.4, 0.5) is 17.1 Å². The average molecular weight is 424 g/mol. The first-order chi connectivity index (χ1) is 13.1. The van der Waals surface area contributed by atoms with E-state index in [9.17, 15) is 18.0 Å². The highest BCUT2D eigenvalue weighted by atomic mass is 35.5. The van der Waals surface area contributed by atoms with Crippen LogP contribution in [0, 0.1) is 0 Å². The molecule has 0 aromatic heterocycles. The first kappa shape index (κ1) is 21.7. The number of rotatable bonds is 7. The molecule has 0 saturated carbocycles. The van der Waals surface area contributed by atoms with Gasteiger partial charge in [0.1, 0.15) is 6.04 Å². The van der Waals surface area contributed by atoms with Gasteiger partial charge in [0.05, 0.1) is 11.9 Å². The molecule has 150 valence electrons. The summed E-state index contributed by atoms with van der Waals surface area (Å²) in [7, 11) is -3.72. The first-order valence-corrected chi connectivity index (χ1v) is 10.8. The van der Waals surface area contributed by atoms with Crippen LogP contribution in [0.3, 0.4) is 0 Å². The van der Waals surface area contributed by atoms with Gasteiger partial charge in [-0.15, -0.1) is 0 Å². The number of hydrogen-bond acceptors (Lipinski definition) is 4. The van der Waals surface area contributed by atoms with E-state index in [0.29, 0.717) is 22.1 Å². The summed E-state index contributed by atoms with van der Waals surface area (Å²) < 4.78 is 25.9. The maximum Gasteiger partial charge on any atom is 0.248 e. The van der Waals surface area contributed by atoms with E-state index in [1.54, 1.807) is 55.5 Å². The molecule has 1 atom stereocenters. The van der Waals surface area contributed by atoms with E-state index in [-0.39, 0.29) is 12.3 Å². The molecule has 7 nitrogen and oxygen atoms in total. The predicted molar refractivity (Wildman–Crippen MR) is 112 cm³/mol. The summed E-state index contributed by atoms with van der Waals surface area (Å²) in [5.41, 5.74) is 1.44. The van der Waals surface area contributed by atoms with Crippen LogP contribution in [0.5, 0.6) is 0 Å². The second-order valence-corrected chi connectivity index (χ2v) is 8.50. The molecule has 2 aromatic rings. The Kier molecular flexibility index (Phi) is 7.04. The molecule has 9 heteroatoms. The Balaban J connectivity index is 2.26. The molecular weight excluding hydrogens is 402 g/mol. The monoisotopic (exact) mass is 423 g/mol. The van der Waals surface area contributed by atoms with E-state index < -0.39 is 22.0 Å². The van der Waals surface area contributed by atoms with Crippen molar-refractivity contribution in [2.45, 2.75) is 26.3 Å². The largest absolute Gasteiger partial charge is 0.326 e. The van der Waals surface area contributed by atoms with Crippen LogP contribution in [-0.2, 0) is 19.6 Å². The van der Waals surface area contributed by atoms with Crippen LogP contribution >= 0.6 is 11.6 Å². The second-order valence-electron chi connectivity index (χ2n) is 6.21. The highest BCUT2D eigenvalue weighted by Crippen LogP contribution is 2.25. The fraction of sp³-hybridized carbons (Fsp3) is 0.263. The van der Waals surface area contributed by atoms with Gasteiger partial charge in [0.2, 0.25) is 21.8 Å². The van der Waals surface area contributed by atoms with Gasteiger partial charge in [0.25, 0.3) is 0 Å². The number of anilines is 3. The Bertz CT molecular complexity index is 944. The van der Waals surface area contributed by atoms with Crippen LogP contribution in [0.25, 0.3) is 0 Å². The Hall–Kier alpha value is -2.58. The number of sulfonamides is 1. The van der Waals surface area contributed by atoms with Crippen molar-refractivity contribution < 1.29 is 18.0 Å². The molecular formula is C19H22ClN3O4S. The predicted octanol–water partition coefficient (Wildman–Crippen LogP) is 3.48. The summed E-state index contributed by atoms with van der Waals surface area (Å²) >= 11 is 5.88. The van der Waals surface area contributed by atoms with Crippen molar-refractivity contribution >= 4 is 50.5 Å². The number of carbonyl (C=O) groups is 2. The highest BCUT2D eigenvalue weighted by molar-refractivity contribution is 7.92. The summed E-state index contributed by atoms with van der Waals surface area (Å²) in [4.78, 5) is 23.9. The van der Waals surface area contributed by atoms with Gasteiger partial charge in [-0.25, -0.2) is 8.42 Å². The van der Waals surface area contributed by atoms with Gasteiger partial charge in [-0.2, -0.15) is 0 Å². The summed E-state index contributed by atoms with van der Waals surface area (Å²) in [6.07, 6.45) is 1.32. The quantitative estimate of drug-likeness (QED) is 0.712. The third-order valence-electron chi connectivity index (χ3n) is 3.88. The first-order valence-electron chi connectivity index (χ1n) is 8.55. The molecule has 0 radical (unpaired) electrons. The van der Waals surface area contributed by atoms with Crippen LogP contribution in [0.1, 0.15) is 20.3 Å². The van der Waals surface area contributed by atoms with Crippen molar-refractivity contribution in [2.75, 3.05) is 21.2 Å². The SMILES string of the molecule is CC[C@H](C(=O)Nc1ccc(NC(C)=O)cc1)N(c1ccc(Cl)cc1)S(C)(=O)=O. The van der Waals surface area contributed by atoms with Crippen molar-refractivity contribution in [1.29, 1.82) is 0 Å². The number of benzene rings is 2. The lowest BCUT2D eigenvalue weighted by Crippen LogP contribution is -2.46. The number of carbonyl (C=O) groups excluding carboxylic acids is 2. The lowest BCUT2D eigenvalue weighted by Gasteiger charge is -2.30. The van der Waals surface area contributed by atoms with Gasteiger partial charge in [-0.3, -0.25) is 13.9 Å². The zero-order chi connectivity index (χ0) is 20.9. The van der Waals surface area contributed by atoms with Gasteiger partial charge < -0.3 is 10.6 Å². The fourth-order valence-electron chi connectivity index (χ4n) is 2.71. The summed E-state index contributed by atoms with van der Waals surface area (Å²) in [6, 6.07) is 11.9. The summed E-state index contributed by atoms with van der Waals surface area (Å²) in [6.45, 7) is 3.14. The van der Waals surface area contributed by atoms with E-state index in [2.05, 4.69) is 10.6 Å². The molecule has 0 heterocycles. The van der Waals surface area contributed by atoms with E-state index in [1.807, 2.05) is 0 Å². The molecule has 0 bridgehead atoms. The fourth-order valence-corrected chi connectivity index (χ4v) is 4.05. The molecule has 0 aliphatic rings. The Morgan fingerprint density at radius 1 is 1.00 bits per heavy atom. The third-order valence-corrected chi connectivity index (χ3v) is 5.32. The number of nitrogens with zero attached hydrogens (tertiary/aromatic N) is 1. The number of nitrogens with one attached hydrogen (secondary N) is 2. The molecule has 0 saturated heterocycles. The Labute approximate surface area is 169 Å². The van der Waals surface area contributed by atoms with E-state index in [1.165, 1.54) is 6.92 Å². The molecule has 0 aliphatic heterocycles. The van der Waals surface area contributed by atoms with Gasteiger partial charge >= 0.3 is 0 Å². The van der Waals surface area contributed by atoms with Crippen molar-refractivity contribution in [3.63, 3.8) is 0 Å². The minimum absolute atomic E-state index is 0.199. The topological polar surface area (TPSA) is 95.6 Å². The van der Waals surface area contributed by atoms with Gasteiger partial charge in [-0.05, 0) is 55.0 Å². The van der Waals surface area contributed by atoms with Crippen molar-refractivity contribution in [3.05, 3.63) is 53.6 Å². The lowest BCUT2D eigenvalue weighted by molar-refractivity contribution is -0.117. The van der Waals surface area contributed by atoms with Gasteiger partial charge in [0.15, 0.2) is 0 Å². The summed E-state index contributed by atoms with van der Waals surface area (Å²) in [5.74, 6) is -0.662. The van der Waals surface area contributed by atoms with E-state index >= 15 is 0 Å². The summed E-state index contributed by atoms with van der Waals surface area (Å²) in [5, 5.41) is 5.82.